The molecule has 0 fully saturated rings. The van der Waals surface area contributed by atoms with Crippen LogP contribution < -0.4 is 0 Å². The van der Waals surface area contributed by atoms with Gasteiger partial charge in [-0.15, -0.1) is 0 Å². The molecule has 0 heterocycles. The molecule has 0 N–H and O–H groups in total. The first-order valence-corrected chi connectivity index (χ1v) is 7.27. The van der Waals surface area contributed by atoms with E-state index >= 15 is 0 Å². The molecule has 112 valence electrons. The highest BCUT2D eigenvalue weighted by Crippen LogP contribution is 2.23. The Bertz CT molecular complexity index is 432. The van der Waals surface area contributed by atoms with Gasteiger partial charge in [0.15, 0.2) is 0 Å². The Morgan fingerprint density at radius 1 is 1.05 bits per heavy atom. The first-order valence-electron chi connectivity index (χ1n) is 7.27. The summed E-state index contributed by atoms with van der Waals surface area (Å²) < 4.78 is 26.3. The van der Waals surface area contributed by atoms with Gasteiger partial charge in [-0.25, -0.2) is 8.78 Å². The molecule has 1 nitrogen and oxygen atoms in total. The number of Topliss-reactive ketones (excluding diaryl/α,β-unsaturated/α-hetero) is 1. The molecule has 0 aliphatic carbocycles. The van der Waals surface area contributed by atoms with E-state index in [0.29, 0.717) is 30.7 Å². The highest BCUT2D eigenvalue weighted by Gasteiger charge is 2.22. The molecular weight excluding hydrogens is 258 g/mol. The highest BCUT2D eigenvalue weighted by molar-refractivity contribution is 5.81. The van der Waals surface area contributed by atoms with Crippen molar-refractivity contribution in [2.75, 3.05) is 0 Å². The van der Waals surface area contributed by atoms with E-state index in [-0.39, 0.29) is 17.6 Å². The lowest BCUT2D eigenvalue weighted by atomic mass is 9.83. The number of ketones is 1. The number of aryl methyl sites for hydroxylation is 1. The Morgan fingerprint density at radius 2 is 1.60 bits per heavy atom. The number of carbonyl (C=O) groups excluding carboxylic acids is 1. The quantitative estimate of drug-likeness (QED) is 0.703. The smallest absolute Gasteiger partial charge is 0.136 e. The van der Waals surface area contributed by atoms with Crippen LogP contribution in [0.1, 0.15) is 46.1 Å². The van der Waals surface area contributed by atoms with Crippen LogP contribution >= 0.6 is 0 Å². The number of hydrogen-bond acceptors (Lipinski definition) is 1. The van der Waals surface area contributed by atoms with Gasteiger partial charge in [-0.05, 0) is 42.4 Å². The van der Waals surface area contributed by atoms with Crippen LogP contribution in [0.5, 0.6) is 0 Å². The second-order valence-electron chi connectivity index (χ2n) is 6.23. The molecule has 0 bridgehead atoms. The van der Waals surface area contributed by atoms with Gasteiger partial charge in [0.1, 0.15) is 17.4 Å². The van der Waals surface area contributed by atoms with E-state index in [1.54, 1.807) is 0 Å². The maximum absolute atomic E-state index is 13.1. The SMILES string of the molecule is CC(C)CC(=O)C(CCc1cc(F)cc(F)c1)C(C)C. The van der Waals surface area contributed by atoms with Crippen molar-refractivity contribution >= 4 is 5.78 Å². The summed E-state index contributed by atoms with van der Waals surface area (Å²) in [5.74, 6) is -0.310. The van der Waals surface area contributed by atoms with Crippen molar-refractivity contribution in [1.82, 2.24) is 0 Å². The van der Waals surface area contributed by atoms with E-state index in [0.717, 1.165) is 6.07 Å². The van der Waals surface area contributed by atoms with Crippen molar-refractivity contribution < 1.29 is 13.6 Å². The van der Waals surface area contributed by atoms with Crippen molar-refractivity contribution in [3.8, 4) is 0 Å². The van der Waals surface area contributed by atoms with Crippen LogP contribution in [0, 0.1) is 29.4 Å². The van der Waals surface area contributed by atoms with E-state index in [4.69, 9.17) is 0 Å². The number of hydrogen-bond donors (Lipinski definition) is 0. The van der Waals surface area contributed by atoms with Crippen molar-refractivity contribution in [3.05, 3.63) is 35.4 Å². The molecule has 0 aliphatic rings. The molecule has 0 saturated carbocycles. The molecule has 1 unspecified atom stereocenters. The van der Waals surface area contributed by atoms with Gasteiger partial charge in [0.2, 0.25) is 0 Å². The van der Waals surface area contributed by atoms with Crippen molar-refractivity contribution in [2.24, 2.45) is 17.8 Å². The first-order chi connectivity index (χ1) is 9.29. The maximum Gasteiger partial charge on any atom is 0.136 e. The van der Waals surface area contributed by atoms with Crippen LogP contribution in [-0.2, 0) is 11.2 Å². The standard InChI is InChI=1S/C17H24F2O/c1-11(2)7-17(20)16(12(3)4)6-5-13-8-14(18)10-15(19)9-13/h8-12,16H,5-7H2,1-4H3. The van der Waals surface area contributed by atoms with Crippen LogP contribution in [0.25, 0.3) is 0 Å². The summed E-state index contributed by atoms with van der Waals surface area (Å²) in [6, 6.07) is 3.55. The third-order valence-corrected chi connectivity index (χ3v) is 3.49. The van der Waals surface area contributed by atoms with Gasteiger partial charge in [0.25, 0.3) is 0 Å². The van der Waals surface area contributed by atoms with Gasteiger partial charge in [-0.1, -0.05) is 27.7 Å². The zero-order valence-corrected chi connectivity index (χ0v) is 12.7. The fraction of sp³-hybridized carbons (Fsp3) is 0.588. The molecule has 1 atom stereocenters. The van der Waals surface area contributed by atoms with Crippen LogP contribution in [-0.4, -0.2) is 5.78 Å². The van der Waals surface area contributed by atoms with Gasteiger partial charge in [-0.2, -0.15) is 0 Å². The topological polar surface area (TPSA) is 17.1 Å². The van der Waals surface area contributed by atoms with Crippen LogP contribution in [0.3, 0.4) is 0 Å². The summed E-state index contributed by atoms with van der Waals surface area (Å²) in [5.41, 5.74) is 0.616. The second kappa shape index (κ2) is 7.51. The monoisotopic (exact) mass is 282 g/mol. The van der Waals surface area contributed by atoms with Gasteiger partial charge in [0.05, 0.1) is 0 Å². The van der Waals surface area contributed by atoms with Gasteiger partial charge < -0.3 is 0 Å². The van der Waals surface area contributed by atoms with Crippen LogP contribution in [0.2, 0.25) is 0 Å². The summed E-state index contributed by atoms with van der Waals surface area (Å²) in [7, 11) is 0. The number of carbonyl (C=O) groups is 1. The molecular formula is C17H24F2O. The molecule has 1 aromatic rings. The second-order valence-corrected chi connectivity index (χ2v) is 6.23. The van der Waals surface area contributed by atoms with Crippen LogP contribution in [0.15, 0.2) is 18.2 Å². The van der Waals surface area contributed by atoms with Crippen molar-refractivity contribution in [3.63, 3.8) is 0 Å². The average Bonchev–Trinajstić information content (AvgIpc) is 2.25. The Kier molecular flexibility index (Phi) is 6.31. The summed E-state index contributed by atoms with van der Waals surface area (Å²) in [5, 5.41) is 0. The van der Waals surface area contributed by atoms with Crippen LogP contribution in [0.4, 0.5) is 8.78 Å². The minimum atomic E-state index is -0.561. The minimum absolute atomic E-state index is 0.0382. The Labute approximate surface area is 120 Å². The number of rotatable bonds is 7. The van der Waals surface area contributed by atoms with Gasteiger partial charge in [-0.3, -0.25) is 4.79 Å². The molecule has 0 spiro atoms. The highest BCUT2D eigenvalue weighted by atomic mass is 19.1. The molecule has 0 saturated heterocycles. The predicted octanol–water partition coefficient (Wildman–Crippen LogP) is 4.78. The third kappa shape index (κ3) is 5.40. The molecule has 1 aromatic carbocycles. The summed E-state index contributed by atoms with van der Waals surface area (Å²) in [4.78, 5) is 12.2. The summed E-state index contributed by atoms with van der Waals surface area (Å²) in [6.07, 6.45) is 1.74. The van der Waals surface area contributed by atoms with E-state index in [1.807, 2.05) is 27.7 Å². The van der Waals surface area contributed by atoms with E-state index in [1.165, 1.54) is 12.1 Å². The lowest BCUT2D eigenvalue weighted by molar-refractivity contribution is -0.125. The Morgan fingerprint density at radius 3 is 2.05 bits per heavy atom. The third-order valence-electron chi connectivity index (χ3n) is 3.49. The van der Waals surface area contributed by atoms with Crippen molar-refractivity contribution in [2.45, 2.75) is 47.0 Å². The first kappa shape index (κ1) is 16.8. The minimum Gasteiger partial charge on any atom is -0.299 e. The zero-order valence-electron chi connectivity index (χ0n) is 12.7. The predicted molar refractivity (Wildman–Crippen MR) is 77.5 cm³/mol. The van der Waals surface area contributed by atoms with E-state index in [2.05, 4.69) is 0 Å². The van der Waals surface area contributed by atoms with E-state index in [9.17, 15) is 13.6 Å². The molecule has 20 heavy (non-hydrogen) atoms. The lowest BCUT2D eigenvalue weighted by Gasteiger charge is -2.20. The molecule has 0 aromatic heterocycles. The lowest BCUT2D eigenvalue weighted by Crippen LogP contribution is -2.22. The summed E-state index contributed by atoms with van der Waals surface area (Å²) in [6.45, 7) is 8.10. The molecule has 1 rings (SSSR count). The number of benzene rings is 1. The maximum atomic E-state index is 13.1. The Hall–Kier alpha value is -1.25. The molecule has 0 amide bonds. The largest absolute Gasteiger partial charge is 0.299 e. The fourth-order valence-corrected chi connectivity index (χ4v) is 2.50. The summed E-state index contributed by atoms with van der Waals surface area (Å²) >= 11 is 0. The normalized spacial score (nSPS) is 13.0. The number of halogens is 2. The molecule has 0 aliphatic heterocycles. The van der Waals surface area contributed by atoms with Gasteiger partial charge >= 0.3 is 0 Å². The Balaban J connectivity index is 2.69. The van der Waals surface area contributed by atoms with E-state index < -0.39 is 11.6 Å². The zero-order chi connectivity index (χ0) is 15.3. The molecule has 0 radical (unpaired) electrons. The van der Waals surface area contributed by atoms with Gasteiger partial charge in [0, 0.05) is 18.4 Å². The average molecular weight is 282 g/mol. The van der Waals surface area contributed by atoms with Crippen molar-refractivity contribution in [1.29, 1.82) is 0 Å². The fourth-order valence-electron chi connectivity index (χ4n) is 2.50. The molecule has 3 heteroatoms.